The topological polar surface area (TPSA) is 9.23 Å². The fourth-order valence-corrected chi connectivity index (χ4v) is 3.09. The summed E-state index contributed by atoms with van der Waals surface area (Å²) in [5.74, 6) is 0.711. The minimum atomic E-state index is 0.711. The first-order chi connectivity index (χ1) is 9.79. The molecule has 4 rings (SSSR count). The van der Waals surface area contributed by atoms with E-state index in [4.69, 9.17) is 4.74 Å². The Kier molecular flexibility index (Phi) is 2.25. The summed E-state index contributed by atoms with van der Waals surface area (Å²) in [5.41, 5.74) is 1.07. The highest BCUT2D eigenvalue weighted by Crippen LogP contribution is 2.37. The smallest absolute Gasteiger partial charge is 0.119 e. The van der Waals surface area contributed by atoms with Crippen molar-refractivity contribution >= 4 is 38.1 Å². The largest absolute Gasteiger partial charge is 0.497 e. The molecule has 0 bridgehead atoms. The Morgan fingerprint density at radius 3 is 2.10 bits per heavy atom. The van der Waals surface area contributed by atoms with Gasteiger partial charge in [0.25, 0.3) is 0 Å². The van der Waals surface area contributed by atoms with Crippen molar-refractivity contribution in [2.24, 2.45) is 0 Å². The molecular weight excluding hydrogens is 244 g/mol. The Labute approximate surface area is 117 Å². The van der Waals surface area contributed by atoms with Crippen LogP contribution in [-0.2, 0) is 4.74 Å². The first-order valence-electron chi connectivity index (χ1n) is 6.69. The fraction of sp³-hybridized carbons (Fsp3) is 0.0526. The van der Waals surface area contributed by atoms with E-state index in [1.54, 1.807) is 7.11 Å². The van der Waals surface area contributed by atoms with Crippen LogP contribution in [0.1, 0.15) is 5.56 Å². The molecule has 0 aliphatic rings. The molecular formula is C19H14O. The number of hydrogen-bond acceptors (Lipinski definition) is 1. The van der Waals surface area contributed by atoms with Gasteiger partial charge in [0.15, 0.2) is 0 Å². The van der Waals surface area contributed by atoms with Crippen LogP contribution in [0.3, 0.4) is 0 Å². The molecule has 96 valence electrons. The van der Waals surface area contributed by atoms with E-state index in [2.05, 4.69) is 61.2 Å². The molecule has 0 aromatic heterocycles. The zero-order chi connectivity index (χ0) is 13.7. The normalized spacial score (nSPS) is 11.4. The van der Waals surface area contributed by atoms with E-state index in [-0.39, 0.29) is 0 Å². The maximum atomic E-state index is 5.33. The number of benzene rings is 4. The maximum Gasteiger partial charge on any atom is 0.119 e. The lowest BCUT2D eigenvalue weighted by molar-refractivity contribution is 0.372. The minimum Gasteiger partial charge on any atom is -0.497 e. The van der Waals surface area contributed by atoms with E-state index >= 15 is 0 Å². The van der Waals surface area contributed by atoms with Gasteiger partial charge >= 0.3 is 0 Å². The van der Waals surface area contributed by atoms with E-state index in [1.165, 1.54) is 32.3 Å². The highest BCUT2D eigenvalue weighted by Gasteiger charge is 2.11. The summed E-state index contributed by atoms with van der Waals surface area (Å²) >= 11 is 0. The molecule has 0 amide bonds. The van der Waals surface area contributed by atoms with Gasteiger partial charge in [0, 0.05) is 5.56 Å². The third kappa shape index (κ3) is 1.38. The Bertz CT molecular complexity index is 934. The molecule has 1 nitrogen and oxygen atoms in total. The molecule has 1 heteroatoms. The van der Waals surface area contributed by atoms with E-state index in [0.29, 0.717) is 5.76 Å². The quantitative estimate of drug-likeness (QED) is 0.354. The van der Waals surface area contributed by atoms with Crippen LogP contribution >= 0.6 is 0 Å². The van der Waals surface area contributed by atoms with Gasteiger partial charge in [-0.3, -0.25) is 0 Å². The van der Waals surface area contributed by atoms with Crippen molar-refractivity contribution in [2.75, 3.05) is 7.11 Å². The fourth-order valence-electron chi connectivity index (χ4n) is 3.09. The number of methoxy groups -OCH3 is 1. The molecule has 20 heavy (non-hydrogen) atoms. The summed E-state index contributed by atoms with van der Waals surface area (Å²) in [6.45, 7) is 4.00. The van der Waals surface area contributed by atoms with E-state index < -0.39 is 0 Å². The number of hydrogen-bond donors (Lipinski definition) is 0. The SMILES string of the molecule is C=C(OC)c1ccc2ccc3cccc4ccc1c2c34. The van der Waals surface area contributed by atoms with Gasteiger partial charge in [0.05, 0.1) is 7.11 Å². The Balaban J connectivity index is 2.29. The first kappa shape index (κ1) is 11.3. The predicted molar refractivity (Wildman–Crippen MR) is 86.2 cm³/mol. The highest BCUT2D eigenvalue weighted by atomic mass is 16.5. The molecule has 0 N–H and O–H groups in total. The molecule has 0 atom stereocenters. The second kappa shape index (κ2) is 3.97. The molecule has 4 aromatic carbocycles. The third-order valence-electron chi connectivity index (χ3n) is 4.08. The molecule has 0 spiro atoms. The van der Waals surface area contributed by atoms with Crippen LogP contribution in [-0.4, -0.2) is 7.11 Å². The average molecular weight is 258 g/mol. The van der Waals surface area contributed by atoms with Crippen LogP contribution in [0.5, 0.6) is 0 Å². The van der Waals surface area contributed by atoms with Gasteiger partial charge in [0.2, 0.25) is 0 Å². The van der Waals surface area contributed by atoms with Crippen molar-refractivity contribution in [3.8, 4) is 0 Å². The van der Waals surface area contributed by atoms with Gasteiger partial charge in [0.1, 0.15) is 5.76 Å². The maximum absolute atomic E-state index is 5.33. The monoisotopic (exact) mass is 258 g/mol. The average Bonchev–Trinajstić information content (AvgIpc) is 2.51. The van der Waals surface area contributed by atoms with Crippen molar-refractivity contribution in [3.63, 3.8) is 0 Å². The van der Waals surface area contributed by atoms with Crippen LogP contribution in [0.4, 0.5) is 0 Å². The summed E-state index contributed by atoms with van der Waals surface area (Å²) in [4.78, 5) is 0. The Morgan fingerprint density at radius 2 is 1.40 bits per heavy atom. The molecule has 0 aliphatic heterocycles. The summed E-state index contributed by atoms with van der Waals surface area (Å²) < 4.78 is 5.33. The van der Waals surface area contributed by atoms with Gasteiger partial charge in [-0.1, -0.05) is 61.2 Å². The number of rotatable bonds is 2. The molecule has 0 saturated carbocycles. The van der Waals surface area contributed by atoms with E-state index in [9.17, 15) is 0 Å². The highest BCUT2D eigenvalue weighted by molar-refractivity contribution is 6.24. The molecule has 4 aromatic rings. The second-order valence-corrected chi connectivity index (χ2v) is 5.10. The second-order valence-electron chi connectivity index (χ2n) is 5.10. The molecule has 0 radical (unpaired) electrons. The minimum absolute atomic E-state index is 0.711. The summed E-state index contributed by atoms with van der Waals surface area (Å²) in [7, 11) is 1.67. The molecule has 0 aliphatic carbocycles. The van der Waals surface area contributed by atoms with Crippen molar-refractivity contribution in [1.82, 2.24) is 0 Å². The summed E-state index contributed by atoms with van der Waals surface area (Å²) in [5, 5.41) is 7.65. The van der Waals surface area contributed by atoms with E-state index in [0.717, 1.165) is 5.56 Å². The standard InChI is InChI=1S/C19H14O/c1-12(20-2)16-10-8-15-7-6-13-4-3-5-14-9-11-17(16)19(15)18(13)14/h3-11H,1H2,2H3. The third-order valence-corrected chi connectivity index (χ3v) is 4.08. The molecule has 0 heterocycles. The van der Waals surface area contributed by atoms with Crippen molar-refractivity contribution in [3.05, 3.63) is 66.7 Å². The molecule has 0 saturated heterocycles. The van der Waals surface area contributed by atoms with Crippen molar-refractivity contribution < 1.29 is 4.74 Å². The van der Waals surface area contributed by atoms with Crippen molar-refractivity contribution in [1.29, 1.82) is 0 Å². The lowest BCUT2D eigenvalue weighted by Crippen LogP contribution is -1.90. The van der Waals surface area contributed by atoms with Gasteiger partial charge in [-0.15, -0.1) is 0 Å². The van der Waals surface area contributed by atoms with Crippen LogP contribution in [0.25, 0.3) is 38.1 Å². The summed E-state index contributed by atoms with van der Waals surface area (Å²) in [6, 6.07) is 19.4. The van der Waals surface area contributed by atoms with Crippen LogP contribution in [0.15, 0.2) is 61.2 Å². The van der Waals surface area contributed by atoms with Crippen LogP contribution < -0.4 is 0 Å². The summed E-state index contributed by atoms with van der Waals surface area (Å²) in [6.07, 6.45) is 0. The zero-order valence-corrected chi connectivity index (χ0v) is 11.3. The van der Waals surface area contributed by atoms with Gasteiger partial charge in [-0.25, -0.2) is 0 Å². The van der Waals surface area contributed by atoms with Gasteiger partial charge in [-0.2, -0.15) is 0 Å². The van der Waals surface area contributed by atoms with Crippen LogP contribution in [0, 0.1) is 0 Å². The molecule has 0 unspecified atom stereocenters. The van der Waals surface area contributed by atoms with Crippen LogP contribution in [0.2, 0.25) is 0 Å². The van der Waals surface area contributed by atoms with Gasteiger partial charge < -0.3 is 4.74 Å². The number of ether oxygens (including phenoxy) is 1. The Morgan fingerprint density at radius 1 is 0.800 bits per heavy atom. The Hall–Kier alpha value is -2.54. The van der Waals surface area contributed by atoms with Gasteiger partial charge in [-0.05, 0) is 32.3 Å². The van der Waals surface area contributed by atoms with Crippen molar-refractivity contribution in [2.45, 2.75) is 0 Å². The predicted octanol–water partition coefficient (Wildman–Crippen LogP) is 5.20. The first-order valence-corrected chi connectivity index (χ1v) is 6.69. The lowest BCUT2D eigenvalue weighted by Gasteiger charge is -2.14. The zero-order valence-electron chi connectivity index (χ0n) is 11.3. The lowest BCUT2D eigenvalue weighted by atomic mass is 9.91. The molecule has 0 fully saturated rings. The van der Waals surface area contributed by atoms with E-state index in [1.807, 2.05) is 0 Å².